The van der Waals surface area contributed by atoms with Gasteiger partial charge in [-0.3, -0.25) is 4.90 Å². The maximum Gasteiger partial charge on any atom is 0.123 e. The van der Waals surface area contributed by atoms with E-state index in [1.807, 2.05) is 18.2 Å². The van der Waals surface area contributed by atoms with Crippen molar-refractivity contribution < 1.29 is 0 Å². The van der Waals surface area contributed by atoms with E-state index in [0.717, 1.165) is 23.1 Å². The first-order chi connectivity index (χ1) is 8.22. The van der Waals surface area contributed by atoms with Crippen LogP contribution in [0, 0.1) is 11.3 Å². The fourth-order valence-electron chi connectivity index (χ4n) is 2.23. The van der Waals surface area contributed by atoms with Crippen LogP contribution >= 0.6 is 27.5 Å². The molecule has 1 fully saturated rings. The first-order valence-corrected chi connectivity index (χ1v) is 6.98. The van der Waals surface area contributed by atoms with Gasteiger partial charge >= 0.3 is 0 Å². The summed E-state index contributed by atoms with van der Waals surface area (Å²) in [6.07, 6.45) is 3.65. The zero-order valence-corrected chi connectivity index (χ0v) is 11.8. The Bertz CT molecular complexity index is 436. The quantitative estimate of drug-likeness (QED) is 0.820. The molecule has 2 rings (SSSR count). The number of likely N-dealkylation sites (tertiary alicyclic amines) is 1. The van der Waals surface area contributed by atoms with Gasteiger partial charge in [0.1, 0.15) is 6.04 Å². The van der Waals surface area contributed by atoms with E-state index < -0.39 is 0 Å². The van der Waals surface area contributed by atoms with Crippen LogP contribution in [0.25, 0.3) is 0 Å². The highest BCUT2D eigenvalue weighted by molar-refractivity contribution is 9.10. The summed E-state index contributed by atoms with van der Waals surface area (Å²) in [5.74, 6) is 0. The fourth-order valence-corrected chi connectivity index (χ4v) is 2.74. The number of halogens is 2. The molecule has 0 aliphatic carbocycles. The van der Waals surface area contributed by atoms with Gasteiger partial charge in [-0.2, -0.15) is 5.26 Å². The second-order valence-corrected chi connectivity index (χ2v) is 5.56. The van der Waals surface area contributed by atoms with Crippen molar-refractivity contribution in [2.75, 3.05) is 13.1 Å². The van der Waals surface area contributed by atoms with Gasteiger partial charge in [-0.15, -0.1) is 0 Å². The van der Waals surface area contributed by atoms with E-state index in [2.05, 4.69) is 26.9 Å². The molecular formula is C13H14BrClN2. The monoisotopic (exact) mass is 312 g/mol. The van der Waals surface area contributed by atoms with Gasteiger partial charge in [0.05, 0.1) is 11.1 Å². The first kappa shape index (κ1) is 12.9. The van der Waals surface area contributed by atoms with Crippen molar-refractivity contribution in [3.05, 3.63) is 33.3 Å². The molecule has 0 spiro atoms. The van der Waals surface area contributed by atoms with Crippen LogP contribution in [-0.2, 0) is 0 Å². The van der Waals surface area contributed by atoms with Crippen LogP contribution in [0.5, 0.6) is 0 Å². The highest BCUT2D eigenvalue weighted by Gasteiger charge is 2.22. The SMILES string of the molecule is N#CC(c1ccc(Cl)c(Br)c1)N1CCCCC1. The molecule has 1 aromatic carbocycles. The summed E-state index contributed by atoms with van der Waals surface area (Å²) >= 11 is 9.38. The average molecular weight is 314 g/mol. The van der Waals surface area contributed by atoms with Crippen molar-refractivity contribution in [1.82, 2.24) is 4.90 Å². The Balaban J connectivity index is 2.22. The van der Waals surface area contributed by atoms with Crippen molar-refractivity contribution in [3.63, 3.8) is 0 Å². The number of nitriles is 1. The largest absolute Gasteiger partial charge is 0.284 e. The number of nitrogens with zero attached hydrogens (tertiary/aromatic N) is 2. The molecule has 0 radical (unpaired) electrons. The second kappa shape index (κ2) is 5.86. The molecule has 4 heteroatoms. The van der Waals surface area contributed by atoms with E-state index in [0.29, 0.717) is 5.02 Å². The molecule has 1 aromatic rings. The highest BCUT2D eigenvalue weighted by atomic mass is 79.9. The van der Waals surface area contributed by atoms with Crippen LogP contribution in [-0.4, -0.2) is 18.0 Å². The third-order valence-electron chi connectivity index (χ3n) is 3.14. The summed E-state index contributed by atoms with van der Waals surface area (Å²) in [4.78, 5) is 2.25. The summed E-state index contributed by atoms with van der Waals surface area (Å²) in [6.45, 7) is 2.02. The number of hydrogen-bond donors (Lipinski definition) is 0. The highest BCUT2D eigenvalue weighted by Crippen LogP contribution is 2.29. The summed E-state index contributed by atoms with van der Waals surface area (Å²) in [5.41, 5.74) is 1.02. The molecule has 2 nitrogen and oxygen atoms in total. The molecule has 0 bridgehead atoms. The van der Waals surface area contributed by atoms with Gasteiger partial charge in [-0.1, -0.05) is 24.1 Å². The van der Waals surface area contributed by atoms with Crippen LogP contribution in [0.3, 0.4) is 0 Å². The molecule has 1 unspecified atom stereocenters. The Morgan fingerprint density at radius 3 is 2.59 bits per heavy atom. The predicted octanol–water partition coefficient (Wildman–Crippen LogP) is 4.15. The minimum absolute atomic E-state index is 0.149. The van der Waals surface area contributed by atoms with Crippen molar-refractivity contribution in [2.24, 2.45) is 0 Å². The molecular weight excluding hydrogens is 300 g/mol. The fraction of sp³-hybridized carbons (Fsp3) is 0.462. The van der Waals surface area contributed by atoms with Gasteiger partial charge in [0.15, 0.2) is 0 Å². The van der Waals surface area contributed by atoms with Gasteiger partial charge in [0.25, 0.3) is 0 Å². The molecule has 1 aliphatic heterocycles. The molecule has 0 saturated carbocycles. The maximum atomic E-state index is 9.35. The molecule has 1 saturated heterocycles. The molecule has 0 N–H and O–H groups in total. The van der Waals surface area contributed by atoms with Gasteiger partial charge in [-0.05, 0) is 59.6 Å². The Morgan fingerprint density at radius 1 is 1.29 bits per heavy atom. The van der Waals surface area contributed by atoms with Gasteiger partial charge < -0.3 is 0 Å². The number of hydrogen-bond acceptors (Lipinski definition) is 2. The summed E-state index contributed by atoms with van der Waals surface area (Å²) in [5, 5.41) is 10.0. The standard InChI is InChI=1S/C13H14BrClN2/c14-11-8-10(4-5-12(11)15)13(9-16)17-6-2-1-3-7-17/h4-5,8,13H,1-3,6-7H2. The Kier molecular flexibility index (Phi) is 4.44. The van der Waals surface area contributed by atoms with Crippen LogP contribution in [0.15, 0.2) is 22.7 Å². The minimum atomic E-state index is -0.149. The third-order valence-corrected chi connectivity index (χ3v) is 4.35. The Labute approximate surface area is 115 Å². The Morgan fingerprint density at radius 2 is 2.00 bits per heavy atom. The lowest BCUT2D eigenvalue weighted by Gasteiger charge is -2.30. The molecule has 1 atom stereocenters. The van der Waals surface area contributed by atoms with Crippen LogP contribution in [0.2, 0.25) is 5.02 Å². The van der Waals surface area contributed by atoms with Crippen molar-refractivity contribution in [1.29, 1.82) is 5.26 Å². The van der Waals surface area contributed by atoms with E-state index >= 15 is 0 Å². The zero-order chi connectivity index (χ0) is 12.3. The number of benzene rings is 1. The molecule has 1 aliphatic rings. The van der Waals surface area contributed by atoms with E-state index in [1.165, 1.54) is 19.3 Å². The van der Waals surface area contributed by atoms with Crippen molar-refractivity contribution >= 4 is 27.5 Å². The molecule has 90 valence electrons. The van der Waals surface area contributed by atoms with E-state index in [9.17, 15) is 5.26 Å². The van der Waals surface area contributed by atoms with E-state index in [-0.39, 0.29) is 6.04 Å². The van der Waals surface area contributed by atoms with Gasteiger partial charge in [0.2, 0.25) is 0 Å². The van der Waals surface area contributed by atoms with E-state index in [1.54, 1.807) is 0 Å². The lowest BCUT2D eigenvalue weighted by atomic mass is 10.0. The summed E-state index contributed by atoms with van der Waals surface area (Å²) < 4.78 is 0.855. The van der Waals surface area contributed by atoms with Gasteiger partial charge in [0, 0.05) is 4.47 Å². The number of rotatable bonds is 2. The Hall–Kier alpha value is -0.560. The average Bonchev–Trinajstić information content (AvgIpc) is 2.36. The topological polar surface area (TPSA) is 27.0 Å². The predicted molar refractivity (Wildman–Crippen MR) is 72.9 cm³/mol. The third kappa shape index (κ3) is 3.01. The molecule has 0 aromatic heterocycles. The second-order valence-electron chi connectivity index (χ2n) is 4.30. The normalized spacial score (nSPS) is 18.6. The maximum absolute atomic E-state index is 9.35. The smallest absolute Gasteiger partial charge is 0.123 e. The van der Waals surface area contributed by atoms with Crippen molar-refractivity contribution in [2.45, 2.75) is 25.3 Å². The minimum Gasteiger partial charge on any atom is -0.284 e. The van der Waals surface area contributed by atoms with Crippen LogP contribution in [0.4, 0.5) is 0 Å². The van der Waals surface area contributed by atoms with E-state index in [4.69, 9.17) is 11.6 Å². The summed E-state index contributed by atoms with van der Waals surface area (Å²) in [6, 6.07) is 7.98. The summed E-state index contributed by atoms with van der Waals surface area (Å²) in [7, 11) is 0. The molecule has 1 heterocycles. The van der Waals surface area contributed by atoms with Crippen LogP contribution < -0.4 is 0 Å². The van der Waals surface area contributed by atoms with Crippen molar-refractivity contribution in [3.8, 4) is 6.07 Å². The first-order valence-electron chi connectivity index (χ1n) is 5.81. The molecule has 0 amide bonds. The lowest BCUT2D eigenvalue weighted by Crippen LogP contribution is -2.33. The molecule has 17 heavy (non-hydrogen) atoms. The number of piperidine rings is 1. The lowest BCUT2D eigenvalue weighted by molar-refractivity contribution is 0.196. The van der Waals surface area contributed by atoms with Crippen LogP contribution in [0.1, 0.15) is 30.9 Å². The van der Waals surface area contributed by atoms with Gasteiger partial charge in [-0.25, -0.2) is 0 Å². The zero-order valence-electron chi connectivity index (χ0n) is 9.50.